The second kappa shape index (κ2) is 7.03. The first-order chi connectivity index (χ1) is 11.6. The van der Waals surface area contributed by atoms with Gasteiger partial charge in [0.25, 0.3) is 0 Å². The predicted octanol–water partition coefficient (Wildman–Crippen LogP) is 2.19. The Morgan fingerprint density at radius 2 is 1.83 bits per heavy atom. The Morgan fingerprint density at radius 3 is 2.50 bits per heavy atom. The summed E-state index contributed by atoms with van der Waals surface area (Å²) in [7, 11) is 0. The molecule has 6 nitrogen and oxygen atoms in total. The summed E-state index contributed by atoms with van der Waals surface area (Å²) in [5.74, 6) is 1.08. The van der Waals surface area contributed by atoms with Crippen molar-refractivity contribution >= 4 is 11.7 Å². The van der Waals surface area contributed by atoms with Crippen molar-refractivity contribution in [2.45, 2.75) is 33.2 Å². The largest absolute Gasteiger partial charge is 0.353 e. The van der Waals surface area contributed by atoms with Crippen molar-refractivity contribution in [1.29, 1.82) is 0 Å². The van der Waals surface area contributed by atoms with E-state index in [0.29, 0.717) is 0 Å². The SMILES string of the molecule is Cc1ccc(C)n1C(C)C(=O)N1CCCN(c2cccnn2)CC1. The minimum atomic E-state index is -0.164. The van der Waals surface area contributed by atoms with Crippen molar-refractivity contribution in [3.05, 3.63) is 41.9 Å². The Hall–Kier alpha value is -2.37. The van der Waals surface area contributed by atoms with Gasteiger partial charge in [0.05, 0.1) is 0 Å². The van der Waals surface area contributed by atoms with Crippen LogP contribution >= 0.6 is 0 Å². The molecule has 1 amide bonds. The summed E-state index contributed by atoms with van der Waals surface area (Å²) in [6.45, 7) is 9.30. The van der Waals surface area contributed by atoms with E-state index < -0.39 is 0 Å². The van der Waals surface area contributed by atoms with Gasteiger partial charge in [0.1, 0.15) is 6.04 Å². The second-order valence-corrected chi connectivity index (χ2v) is 6.41. The van der Waals surface area contributed by atoms with Gasteiger partial charge >= 0.3 is 0 Å². The molecule has 0 bridgehead atoms. The van der Waals surface area contributed by atoms with Crippen LogP contribution in [0.25, 0.3) is 0 Å². The quantitative estimate of drug-likeness (QED) is 0.867. The van der Waals surface area contributed by atoms with Crippen LogP contribution in [0.3, 0.4) is 0 Å². The summed E-state index contributed by atoms with van der Waals surface area (Å²) in [4.78, 5) is 17.1. The van der Waals surface area contributed by atoms with Crippen LogP contribution in [0.4, 0.5) is 5.82 Å². The summed E-state index contributed by atoms with van der Waals surface area (Å²) in [6.07, 6.45) is 2.62. The van der Waals surface area contributed by atoms with E-state index in [2.05, 4.69) is 45.6 Å². The van der Waals surface area contributed by atoms with Crippen molar-refractivity contribution in [1.82, 2.24) is 19.7 Å². The molecule has 2 aromatic heterocycles. The van der Waals surface area contributed by atoms with Crippen LogP contribution in [-0.4, -0.2) is 51.8 Å². The molecule has 3 rings (SSSR count). The fraction of sp³-hybridized carbons (Fsp3) is 0.500. The topological polar surface area (TPSA) is 54.3 Å². The third kappa shape index (κ3) is 3.27. The van der Waals surface area contributed by atoms with Crippen LogP contribution in [0.2, 0.25) is 0 Å². The molecule has 1 saturated heterocycles. The number of anilines is 1. The molecule has 1 atom stereocenters. The van der Waals surface area contributed by atoms with Gasteiger partial charge in [0.2, 0.25) is 5.91 Å². The van der Waals surface area contributed by atoms with Gasteiger partial charge in [-0.1, -0.05) is 0 Å². The van der Waals surface area contributed by atoms with Crippen LogP contribution in [0, 0.1) is 13.8 Å². The Bertz CT molecular complexity index is 677. The number of amides is 1. The van der Waals surface area contributed by atoms with Crippen molar-refractivity contribution in [2.75, 3.05) is 31.1 Å². The molecule has 1 aliphatic heterocycles. The first kappa shape index (κ1) is 16.5. The number of nitrogens with zero attached hydrogens (tertiary/aromatic N) is 5. The molecule has 1 aliphatic rings. The van der Waals surface area contributed by atoms with Gasteiger partial charge in [-0.2, -0.15) is 5.10 Å². The molecule has 0 spiro atoms. The van der Waals surface area contributed by atoms with Crippen molar-refractivity contribution in [2.24, 2.45) is 0 Å². The van der Waals surface area contributed by atoms with Crippen LogP contribution in [-0.2, 0) is 4.79 Å². The number of carbonyl (C=O) groups is 1. The highest BCUT2D eigenvalue weighted by atomic mass is 16.2. The zero-order valence-corrected chi connectivity index (χ0v) is 14.6. The lowest BCUT2D eigenvalue weighted by Gasteiger charge is -2.27. The van der Waals surface area contributed by atoms with Gasteiger partial charge in [-0.15, -0.1) is 5.10 Å². The van der Waals surface area contributed by atoms with Gasteiger partial charge in [-0.05, 0) is 51.5 Å². The van der Waals surface area contributed by atoms with E-state index in [1.165, 1.54) is 0 Å². The van der Waals surface area contributed by atoms with Crippen LogP contribution in [0.5, 0.6) is 0 Å². The maximum absolute atomic E-state index is 13.0. The first-order valence-electron chi connectivity index (χ1n) is 8.54. The van der Waals surface area contributed by atoms with E-state index in [1.807, 2.05) is 24.0 Å². The minimum absolute atomic E-state index is 0.164. The van der Waals surface area contributed by atoms with Gasteiger partial charge in [-0.3, -0.25) is 4.79 Å². The molecule has 0 saturated carbocycles. The summed E-state index contributed by atoms with van der Waals surface area (Å²) in [5, 5.41) is 8.13. The van der Waals surface area contributed by atoms with Crippen LogP contribution < -0.4 is 4.90 Å². The number of aromatic nitrogens is 3. The Kier molecular flexibility index (Phi) is 4.83. The highest BCUT2D eigenvalue weighted by molar-refractivity contribution is 5.80. The molecule has 6 heteroatoms. The number of carbonyl (C=O) groups excluding carboxylic acids is 1. The molecule has 0 radical (unpaired) electrons. The normalized spacial score (nSPS) is 16.8. The third-order valence-corrected chi connectivity index (χ3v) is 4.76. The van der Waals surface area contributed by atoms with Crippen molar-refractivity contribution < 1.29 is 4.79 Å². The molecule has 128 valence electrons. The lowest BCUT2D eigenvalue weighted by molar-refractivity contribution is -0.134. The predicted molar refractivity (Wildman–Crippen MR) is 94.1 cm³/mol. The van der Waals surface area contributed by atoms with Gasteiger partial charge in [0, 0.05) is 43.8 Å². The Labute approximate surface area is 143 Å². The lowest BCUT2D eigenvalue weighted by atomic mass is 10.2. The van der Waals surface area contributed by atoms with Gasteiger partial charge in [-0.25, -0.2) is 0 Å². The summed E-state index contributed by atoms with van der Waals surface area (Å²) in [6, 6.07) is 7.84. The Morgan fingerprint density at radius 1 is 1.08 bits per heavy atom. The minimum Gasteiger partial charge on any atom is -0.353 e. The highest BCUT2D eigenvalue weighted by Gasteiger charge is 2.25. The zero-order valence-electron chi connectivity index (χ0n) is 14.6. The van der Waals surface area contributed by atoms with Gasteiger partial charge in [0.15, 0.2) is 5.82 Å². The zero-order chi connectivity index (χ0) is 17.1. The van der Waals surface area contributed by atoms with Gasteiger partial charge < -0.3 is 14.4 Å². The fourth-order valence-electron chi connectivity index (χ4n) is 3.49. The summed E-state index contributed by atoms with van der Waals surface area (Å²) in [5.41, 5.74) is 2.26. The van der Waals surface area contributed by atoms with E-state index >= 15 is 0 Å². The number of aryl methyl sites for hydroxylation is 2. The molecular formula is C18H25N5O. The van der Waals surface area contributed by atoms with Crippen LogP contribution in [0.15, 0.2) is 30.5 Å². The summed E-state index contributed by atoms with van der Waals surface area (Å²) >= 11 is 0. The molecule has 3 heterocycles. The van der Waals surface area contributed by atoms with Crippen molar-refractivity contribution in [3.63, 3.8) is 0 Å². The highest BCUT2D eigenvalue weighted by Crippen LogP contribution is 2.19. The van der Waals surface area contributed by atoms with E-state index in [1.54, 1.807) is 6.20 Å². The number of hydrogen-bond acceptors (Lipinski definition) is 4. The van der Waals surface area contributed by atoms with Crippen molar-refractivity contribution in [3.8, 4) is 0 Å². The standard InChI is InChI=1S/C18H25N5O/c1-14-7-8-15(2)23(14)16(3)18(24)22-11-5-10-21(12-13-22)17-6-4-9-19-20-17/h4,6-9,16H,5,10-13H2,1-3H3. The first-order valence-corrected chi connectivity index (χ1v) is 8.54. The lowest BCUT2D eigenvalue weighted by Crippen LogP contribution is -2.39. The smallest absolute Gasteiger partial charge is 0.245 e. The molecule has 0 N–H and O–H groups in total. The molecular weight excluding hydrogens is 302 g/mol. The van der Waals surface area contributed by atoms with E-state index in [-0.39, 0.29) is 11.9 Å². The maximum atomic E-state index is 13.0. The number of hydrogen-bond donors (Lipinski definition) is 0. The third-order valence-electron chi connectivity index (χ3n) is 4.76. The Balaban J connectivity index is 1.68. The average Bonchev–Trinajstić information content (AvgIpc) is 2.80. The second-order valence-electron chi connectivity index (χ2n) is 6.41. The molecule has 1 unspecified atom stereocenters. The van der Waals surface area contributed by atoms with Crippen LogP contribution in [0.1, 0.15) is 30.8 Å². The fourth-order valence-corrected chi connectivity index (χ4v) is 3.49. The molecule has 0 aliphatic carbocycles. The van der Waals surface area contributed by atoms with E-state index in [9.17, 15) is 4.79 Å². The number of rotatable bonds is 3. The van der Waals surface area contributed by atoms with E-state index in [4.69, 9.17) is 0 Å². The molecule has 1 fully saturated rings. The molecule has 2 aromatic rings. The summed E-state index contributed by atoms with van der Waals surface area (Å²) < 4.78 is 2.12. The molecule has 0 aromatic carbocycles. The average molecular weight is 327 g/mol. The van der Waals surface area contributed by atoms with E-state index in [0.717, 1.165) is 49.8 Å². The molecule has 24 heavy (non-hydrogen) atoms. The monoisotopic (exact) mass is 327 g/mol. The maximum Gasteiger partial charge on any atom is 0.245 e.